The van der Waals surface area contributed by atoms with E-state index in [1.54, 1.807) is 18.2 Å². The van der Waals surface area contributed by atoms with Crippen molar-refractivity contribution in [3.63, 3.8) is 0 Å². The van der Waals surface area contributed by atoms with E-state index in [1.807, 2.05) is 72.8 Å². The van der Waals surface area contributed by atoms with Crippen LogP contribution in [0, 0.1) is 0 Å². The second-order valence-corrected chi connectivity index (χ2v) is 12.1. The van der Waals surface area contributed by atoms with Gasteiger partial charge in [0, 0.05) is 6.08 Å². The minimum atomic E-state index is -1.39. The molecule has 9 nitrogen and oxygen atoms in total. The average molecular weight is 630 g/mol. The lowest BCUT2D eigenvalue weighted by molar-refractivity contribution is -0.133. The maximum Gasteiger partial charge on any atom is 0.336 e. The Morgan fingerprint density at radius 1 is 0.617 bits per heavy atom. The number of hydrogen-bond acceptors (Lipinski definition) is 5. The quantitative estimate of drug-likeness (QED) is 0.106. The highest BCUT2D eigenvalue weighted by molar-refractivity contribution is 6.19. The number of rotatable bonds is 13. The summed E-state index contributed by atoms with van der Waals surface area (Å²) in [4.78, 5) is 49.8. The van der Waals surface area contributed by atoms with Crippen molar-refractivity contribution in [3.05, 3.63) is 125 Å². The van der Waals surface area contributed by atoms with Crippen LogP contribution < -0.4 is 16.8 Å². The number of carboxylic acids is 2. The van der Waals surface area contributed by atoms with Crippen molar-refractivity contribution in [2.24, 2.45) is 11.5 Å². The van der Waals surface area contributed by atoms with E-state index in [1.165, 1.54) is 0 Å². The molecule has 9 heteroatoms. The number of hydrogen-bond donors (Lipinski definition) is 5. The maximum absolute atomic E-state index is 13.4. The predicted octanol–water partition coefficient (Wildman–Crippen LogP) is 4.59. The Balaban J connectivity index is 1.19. The Labute approximate surface area is 271 Å². The summed E-state index contributed by atoms with van der Waals surface area (Å²) in [7, 11) is 0. The molecule has 47 heavy (non-hydrogen) atoms. The first-order valence-corrected chi connectivity index (χ1v) is 15.6. The number of nitrogens with one attached hydrogen (secondary N) is 1. The summed E-state index contributed by atoms with van der Waals surface area (Å²) in [6, 6.07) is 28.1. The smallest absolute Gasteiger partial charge is 0.336 e. The molecule has 1 atom stereocenters. The second-order valence-electron chi connectivity index (χ2n) is 12.1. The zero-order valence-corrected chi connectivity index (χ0v) is 25.7. The van der Waals surface area contributed by atoms with Gasteiger partial charge in [-0.05, 0) is 94.9 Å². The molecule has 4 aromatic rings. The van der Waals surface area contributed by atoms with Gasteiger partial charge in [-0.3, -0.25) is 9.59 Å². The largest absolute Gasteiger partial charge is 0.478 e. The van der Waals surface area contributed by atoms with E-state index in [2.05, 4.69) is 5.32 Å². The van der Waals surface area contributed by atoms with Crippen molar-refractivity contribution < 1.29 is 29.4 Å². The van der Waals surface area contributed by atoms with Gasteiger partial charge in [-0.1, -0.05) is 84.9 Å². The number of benzene rings is 4. The Hall–Kier alpha value is -5.54. The van der Waals surface area contributed by atoms with E-state index in [0.29, 0.717) is 50.4 Å². The molecule has 238 valence electrons. The fraction of sp³-hybridized carbons (Fsp3) is 0.211. The zero-order chi connectivity index (χ0) is 33.3. The molecule has 0 radical (unpaired) electrons. The minimum absolute atomic E-state index is 0.175. The number of carboxylic acid groups (broad SMARTS) is 2. The monoisotopic (exact) mass is 629 g/mol. The van der Waals surface area contributed by atoms with E-state index in [9.17, 15) is 29.4 Å². The van der Waals surface area contributed by atoms with Crippen molar-refractivity contribution >= 4 is 29.3 Å². The number of fused-ring (bicyclic) bond motifs is 6. The van der Waals surface area contributed by atoms with Gasteiger partial charge in [-0.2, -0.15) is 0 Å². The van der Waals surface area contributed by atoms with Gasteiger partial charge in [0.2, 0.25) is 11.8 Å². The van der Waals surface area contributed by atoms with Crippen LogP contribution in [0.15, 0.2) is 97.1 Å². The van der Waals surface area contributed by atoms with Crippen molar-refractivity contribution in [3.8, 4) is 22.3 Å². The summed E-state index contributed by atoms with van der Waals surface area (Å²) >= 11 is 0. The molecule has 0 saturated carbocycles. The zero-order valence-electron chi connectivity index (χ0n) is 25.7. The topological polar surface area (TPSA) is 173 Å². The highest BCUT2D eigenvalue weighted by Crippen LogP contribution is 2.52. The predicted molar refractivity (Wildman–Crippen MR) is 178 cm³/mol. The fourth-order valence-electron chi connectivity index (χ4n) is 7.65. The first kappa shape index (κ1) is 31.4. The van der Waals surface area contributed by atoms with Crippen LogP contribution in [0.25, 0.3) is 27.8 Å². The third-order valence-electron chi connectivity index (χ3n) is 9.68. The fourth-order valence-corrected chi connectivity index (χ4v) is 7.65. The second kappa shape index (κ2) is 12.3. The van der Waals surface area contributed by atoms with Gasteiger partial charge < -0.3 is 27.0 Å². The summed E-state index contributed by atoms with van der Waals surface area (Å²) in [5.74, 6) is -3.72. The molecule has 0 bridgehead atoms. The lowest BCUT2D eigenvalue weighted by atomic mass is 9.73. The van der Waals surface area contributed by atoms with Crippen molar-refractivity contribution in [2.45, 2.75) is 36.5 Å². The first-order chi connectivity index (χ1) is 22.6. The summed E-state index contributed by atoms with van der Waals surface area (Å²) < 4.78 is 0. The number of aliphatic carboxylic acids is 2. The standard InChI is InChI=1S/C38H35N3O6/c39-35(46)37(29-12-4-1-9-24(29)25-10-2-5-13-30(25)37)17-7-19-41-20-8-18-38(36(40)47)31-14-6-3-11-26(31)27-16-15-23(21-32(27)38)28(34(44)45)22-33(42)43/h1-6,9-16,21-22,41H,7-8,17-20H2,(H2,39,46)(H2,40,47)(H,42,43)(H,44,45). The highest BCUT2D eigenvalue weighted by Gasteiger charge is 2.48. The maximum atomic E-state index is 13.4. The molecule has 1 unspecified atom stereocenters. The third-order valence-corrected chi connectivity index (χ3v) is 9.68. The van der Waals surface area contributed by atoms with Crippen molar-refractivity contribution in [1.29, 1.82) is 0 Å². The number of carbonyl (C=O) groups excluding carboxylic acids is 2. The minimum Gasteiger partial charge on any atom is -0.478 e. The molecule has 0 heterocycles. The molecule has 0 saturated heterocycles. The van der Waals surface area contributed by atoms with Crippen LogP contribution in [-0.2, 0) is 30.0 Å². The summed E-state index contributed by atoms with van der Waals surface area (Å²) in [5.41, 5.74) is 16.7. The molecule has 7 N–H and O–H groups in total. The first-order valence-electron chi connectivity index (χ1n) is 15.6. The molecular weight excluding hydrogens is 594 g/mol. The number of primary amides is 2. The number of amides is 2. The third kappa shape index (κ3) is 5.09. The Morgan fingerprint density at radius 3 is 1.47 bits per heavy atom. The summed E-state index contributed by atoms with van der Waals surface area (Å²) in [6.45, 7) is 1.17. The molecule has 0 aromatic heterocycles. The highest BCUT2D eigenvalue weighted by atomic mass is 16.4. The van der Waals surface area contributed by atoms with Gasteiger partial charge in [0.05, 0.1) is 16.4 Å². The van der Waals surface area contributed by atoms with Crippen LogP contribution in [-0.4, -0.2) is 47.1 Å². The Kier molecular flexibility index (Phi) is 8.25. The molecule has 0 aliphatic heterocycles. The van der Waals surface area contributed by atoms with Crippen LogP contribution in [0.4, 0.5) is 0 Å². The van der Waals surface area contributed by atoms with Crippen LogP contribution in [0.3, 0.4) is 0 Å². The van der Waals surface area contributed by atoms with Gasteiger partial charge in [-0.15, -0.1) is 0 Å². The molecule has 2 aliphatic carbocycles. The average Bonchev–Trinajstić information content (AvgIpc) is 3.51. The van der Waals surface area contributed by atoms with Crippen molar-refractivity contribution in [2.75, 3.05) is 13.1 Å². The number of nitrogens with two attached hydrogens (primary N) is 2. The molecule has 4 aromatic carbocycles. The lowest BCUT2D eigenvalue weighted by Crippen LogP contribution is -2.42. The molecule has 6 rings (SSSR count). The van der Waals surface area contributed by atoms with E-state index >= 15 is 0 Å². The summed E-state index contributed by atoms with van der Waals surface area (Å²) in [5, 5.41) is 22.5. The molecule has 0 spiro atoms. The molecule has 2 aliphatic rings. The van der Waals surface area contributed by atoms with Gasteiger partial charge >= 0.3 is 11.9 Å². The van der Waals surface area contributed by atoms with Crippen LogP contribution in [0.5, 0.6) is 0 Å². The van der Waals surface area contributed by atoms with E-state index in [-0.39, 0.29) is 11.5 Å². The van der Waals surface area contributed by atoms with E-state index < -0.39 is 34.2 Å². The van der Waals surface area contributed by atoms with Gasteiger partial charge in [0.1, 0.15) is 0 Å². The van der Waals surface area contributed by atoms with Crippen LogP contribution in [0.2, 0.25) is 0 Å². The molecular formula is C38H35N3O6. The van der Waals surface area contributed by atoms with Gasteiger partial charge in [0.15, 0.2) is 0 Å². The van der Waals surface area contributed by atoms with E-state index in [0.717, 1.165) is 38.9 Å². The molecule has 2 amide bonds. The Morgan fingerprint density at radius 2 is 1.04 bits per heavy atom. The van der Waals surface area contributed by atoms with Crippen LogP contribution in [0.1, 0.15) is 53.5 Å². The normalized spacial score (nSPS) is 16.9. The number of carbonyl (C=O) groups is 4. The van der Waals surface area contributed by atoms with Crippen molar-refractivity contribution in [1.82, 2.24) is 5.32 Å². The Bertz CT molecular complexity index is 1920. The SMILES string of the molecule is NC(=O)C1(CCCNCCCC2(C(N)=O)c3ccccc3-c3ccc(C(=CC(=O)O)C(=O)O)cc32)c2ccccc2-c2ccccc21. The van der Waals surface area contributed by atoms with Gasteiger partial charge in [-0.25, -0.2) is 9.59 Å². The van der Waals surface area contributed by atoms with Crippen LogP contribution >= 0.6 is 0 Å². The molecule has 0 fully saturated rings. The van der Waals surface area contributed by atoms with E-state index in [4.69, 9.17) is 11.5 Å². The van der Waals surface area contributed by atoms with Gasteiger partial charge in [0.25, 0.3) is 0 Å². The lowest BCUT2D eigenvalue weighted by Gasteiger charge is -2.29. The summed E-state index contributed by atoms with van der Waals surface area (Å²) in [6.07, 6.45) is 2.76.